The predicted octanol–water partition coefficient (Wildman–Crippen LogP) is 4.29. The van der Waals surface area contributed by atoms with Crippen molar-refractivity contribution in [1.82, 2.24) is 5.32 Å². The lowest BCUT2D eigenvalue weighted by atomic mass is 9.86. The van der Waals surface area contributed by atoms with E-state index in [-0.39, 0.29) is 23.8 Å². The molecule has 30 heavy (non-hydrogen) atoms. The second-order valence-electron chi connectivity index (χ2n) is 9.26. The number of carbonyl (C=O) groups excluding carboxylic acids is 1. The molecule has 1 aliphatic heterocycles. The van der Waals surface area contributed by atoms with Gasteiger partial charge >= 0.3 is 5.63 Å². The molecule has 0 aliphatic carbocycles. The summed E-state index contributed by atoms with van der Waals surface area (Å²) in [6.45, 7) is 11.4. The summed E-state index contributed by atoms with van der Waals surface area (Å²) < 4.78 is 17.0. The van der Waals surface area contributed by atoms with Crippen LogP contribution in [-0.4, -0.2) is 25.2 Å². The van der Waals surface area contributed by atoms with Gasteiger partial charge < -0.3 is 18.9 Å². The number of ether oxygens (including phenoxy) is 1. The minimum atomic E-state index is -0.475. The molecule has 1 aliphatic rings. The van der Waals surface area contributed by atoms with Crippen LogP contribution in [0.1, 0.15) is 55.9 Å². The molecular weight excluding hydrogens is 382 g/mol. The van der Waals surface area contributed by atoms with Crippen LogP contribution in [0.5, 0.6) is 0 Å². The van der Waals surface area contributed by atoms with E-state index >= 15 is 0 Å². The Balaban J connectivity index is 1.73. The van der Waals surface area contributed by atoms with Crippen LogP contribution in [0, 0.1) is 13.8 Å². The topological polar surface area (TPSA) is 81.7 Å². The Bertz CT molecular complexity index is 1170. The maximum atomic E-state index is 12.7. The molecule has 3 heterocycles. The number of fused-ring (bicyclic) bond motifs is 2. The molecule has 1 fully saturated rings. The first-order chi connectivity index (χ1) is 14.2. The molecule has 0 unspecified atom stereocenters. The molecule has 6 nitrogen and oxygen atoms in total. The van der Waals surface area contributed by atoms with Crippen molar-refractivity contribution in [1.29, 1.82) is 0 Å². The molecule has 0 saturated carbocycles. The van der Waals surface area contributed by atoms with E-state index in [1.807, 2.05) is 19.9 Å². The number of amides is 1. The van der Waals surface area contributed by atoms with Gasteiger partial charge in [-0.3, -0.25) is 4.79 Å². The Hall–Kier alpha value is -2.60. The summed E-state index contributed by atoms with van der Waals surface area (Å²) in [5.74, 6) is -0.197. The number of rotatable bonds is 4. The zero-order valence-electron chi connectivity index (χ0n) is 18.3. The third-order valence-corrected chi connectivity index (χ3v) is 6.04. The van der Waals surface area contributed by atoms with Gasteiger partial charge in [-0.05, 0) is 43.7 Å². The standard InChI is InChI=1S/C24H29NO5/c1-13-16-9-18-19(24(3,4)5)12-29-21(18)14(2)22(16)30-23(27)17(13)10-20(26)25-11-15-7-6-8-28-15/h9,12,15H,6-8,10-11H2,1-5H3,(H,25,26)/t15-/m1/s1. The molecule has 1 amide bonds. The molecule has 2 aromatic heterocycles. The lowest BCUT2D eigenvalue weighted by molar-refractivity contribution is -0.121. The molecule has 4 rings (SSSR count). The minimum absolute atomic E-state index is 0.00851. The minimum Gasteiger partial charge on any atom is -0.464 e. The first-order valence-corrected chi connectivity index (χ1v) is 10.5. The third-order valence-electron chi connectivity index (χ3n) is 6.04. The van der Waals surface area contributed by atoms with Crippen molar-refractivity contribution in [2.75, 3.05) is 13.2 Å². The van der Waals surface area contributed by atoms with Gasteiger partial charge in [0.05, 0.1) is 24.4 Å². The van der Waals surface area contributed by atoms with Crippen molar-refractivity contribution in [3.05, 3.63) is 45.0 Å². The average Bonchev–Trinajstić information content (AvgIpc) is 3.34. The summed E-state index contributed by atoms with van der Waals surface area (Å²) in [6, 6.07) is 2.02. The highest BCUT2D eigenvalue weighted by Crippen LogP contribution is 2.37. The maximum Gasteiger partial charge on any atom is 0.340 e. The van der Waals surface area contributed by atoms with E-state index in [1.54, 1.807) is 6.26 Å². The number of hydrogen-bond donors (Lipinski definition) is 1. The summed E-state index contributed by atoms with van der Waals surface area (Å²) in [5.41, 5.74) is 3.76. The van der Waals surface area contributed by atoms with Crippen LogP contribution in [0.3, 0.4) is 0 Å². The van der Waals surface area contributed by atoms with Crippen molar-refractivity contribution >= 4 is 27.8 Å². The largest absolute Gasteiger partial charge is 0.464 e. The molecule has 160 valence electrons. The normalized spacial score (nSPS) is 17.2. The molecule has 6 heteroatoms. The van der Waals surface area contributed by atoms with Gasteiger partial charge in [-0.25, -0.2) is 4.79 Å². The SMILES string of the molecule is Cc1c(CC(=O)NC[C@H]2CCCO2)c(=O)oc2c(C)c3occ(C(C)(C)C)c3cc12. The number of benzene rings is 1. The quantitative estimate of drug-likeness (QED) is 0.648. The Kier molecular flexibility index (Phi) is 5.22. The van der Waals surface area contributed by atoms with Crippen LogP contribution in [0.4, 0.5) is 0 Å². The van der Waals surface area contributed by atoms with E-state index in [9.17, 15) is 9.59 Å². The van der Waals surface area contributed by atoms with E-state index in [4.69, 9.17) is 13.6 Å². The van der Waals surface area contributed by atoms with Crippen molar-refractivity contribution in [2.45, 2.75) is 65.4 Å². The Morgan fingerprint density at radius 3 is 2.60 bits per heavy atom. The number of nitrogens with one attached hydrogen (secondary N) is 1. The summed E-state index contributed by atoms with van der Waals surface area (Å²) in [4.78, 5) is 25.2. The van der Waals surface area contributed by atoms with Crippen molar-refractivity contribution < 1.29 is 18.4 Å². The first kappa shape index (κ1) is 20.7. The fourth-order valence-electron chi connectivity index (χ4n) is 4.24. The molecule has 1 N–H and O–H groups in total. The van der Waals surface area contributed by atoms with Crippen LogP contribution >= 0.6 is 0 Å². The van der Waals surface area contributed by atoms with Crippen LogP contribution < -0.4 is 10.9 Å². The number of carbonyl (C=O) groups is 1. The Morgan fingerprint density at radius 1 is 1.17 bits per heavy atom. The highest BCUT2D eigenvalue weighted by molar-refractivity contribution is 6.00. The smallest absolute Gasteiger partial charge is 0.340 e. The summed E-state index contributed by atoms with van der Waals surface area (Å²) in [6.07, 6.45) is 3.81. The van der Waals surface area contributed by atoms with E-state index < -0.39 is 5.63 Å². The van der Waals surface area contributed by atoms with Crippen molar-refractivity contribution in [3.63, 3.8) is 0 Å². The fourth-order valence-corrected chi connectivity index (χ4v) is 4.24. The third kappa shape index (κ3) is 3.65. The summed E-state index contributed by atoms with van der Waals surface area (Å²) in [5, 5.41) is 4.74. The zero-order valence-corrected chi connectivity index (χ0v) is 18.3. The molecule has 1 aromatic carbocycles. The lowest BCUT2D eigenvalue weighted by Gasteiger charge is -2.17. The summed E-state index contributed by atoms with van der Waals surface area (Å²) >= 11 is 0. The van der Waals surface area contributed by atoms with Gasteiger partial charge in [0, 0.05) is 35.1 Å². The second kappa shape index (κ2) is 7.58. The number of hydrogen-bond acceptors (Lipinski definition) is 5. The predicted molar refractivity (Wildman–Crippen MR) is 116 cm³/mol. The van der Waals surface area contributed by atoms with Crippen molar-refractivity contribution in [3.8, 4) is 0 Å². The average molecular weight is 411 g/mol. The second-order valence-corrected chi connectivity index (χ2v) is 9.26. The lowest BCUT2D eigenvalue weighted by Crippen LogP contribution is -2.34. The fraction of sp³-hybridized carbons (Fsp3) is 0.500. The molecule has 1 atom stereocenters. The molecular formula is C24H29NO5. The van der Waals surface area contributed by atoms with Gasteiger partial charge in [0.15, 0.2) is 0 Å². The molecule has 0 bridgehead atoms. The van der Waals surface area contributed by atoms with Crippen LogP contribution in [0.25, 0.3) is 21.9 Å². The van der Waals surface area contributed by atoms with E-state index in [0.717, 1.165) is 52.5 Å². The van der Waals surface area contributed by atoms with Crippen LogP contribution in [0.15, 0.2) is 26.0 Å². The van der Waals surface area contributed by atoms with Gasteiger partial charge in [0.2, 0.25) is 5.91 Å². The van der Waals surface area contributed by atoms with Crippen LogP contribution in [0.2, 0.25) is 0 Å². The number of furan rings is 1. The summed E-state index contributed by atoms with van der Waals surface area (Å²) in [7, 11) is 0. The molecule has 0 spiro atoms. The zero-order chi connectivity index (χ0) is 21.6. The molecule has 1 saturated heterocycles. The van der Waals surface area contributed by atoms with Gasteiger partial charge in [0.1, 0.15) is 11.2 Å². The van der Waals surface area contributed by atoms with Gasteiger partial charge in [-0.1, -0.05) is 20.8 Å². The first-order valence-electron chi connectivity index (χ1n) is 10.5. The molecule has 0 radical (unpaired) electrons. The van der Waals surface area contributed by atoms with Gasteiger partial charge in [-0.15, -0.1) is 0 Å². The monoisotopic (exact) mass is 411 g/mol. The Morgan fingerprint density at radius 2 is 1.93 bits per heavy atom. The highest BCUT2D eigenvalue weighted by Gasteiger charge is 2.24. The highest BCUT2D eigenvalue weighted by atomic mass is 16.5. The van der Waals surface area contributed by atoms with Gasteiger partial charge in [-0.2, -0.15) is 0 Å². The molecule has 3 aromatic rings. The maximum absolute atomic E-state index is 12.7. The van der Waals surface area contributed by atoms with E-state index in [2.05, 4.69) is 26.1 Å². The van der Waals surface area contributed by atoms with Crippen LogP contribution in [-0.2, 0) is 21.4 Å². The van der Waals surface area contributed by atoms with E-state index in [1.165, 1.54) is 0 Å². The number of aryl methyl sites for hydroxylation is 2. The Labute approximate surface area is 175 Å². The van der Waals surface area contributed by atoms with Crippen molar-refractivity contribution in [2.24, 2.45) is 0 Å². The van der Waals surface area contributed by atoms with Gasteiger partial charge in [0.25, 0.3) is 0 Å². The van der Waals surface area contributed by atoms with E-state index in [0.29, 0.717) is 17.7 Å².